The second-order valence-corrected chi connectivity index (χ2v) is 6.75. The molecule has 5 heteroatoms. The molecule has 0 aliphatic carbocycles. The molecule has 0 bridgehead atoms. The minimum atomic E-state index is -3.07. The van der Waals surface area contributed by atoms with E-state index in [2.05, 4.69) is 0 Å². The summed E-state index contributed by atoms with van der Waals surface area (Å²) < 4.78 is 22.3. The molecule has 0 saturated carbocycles. The molecule has 16 heavy (non-hydrogen) atoms. The van der Waals surface area contributed by atoms with Crippen LogP contribution >= 0.6 is 11.6 Å². The molecule has 1 aromatic carbocycles. The van der Waals surface area contributed by atoms with Crippen molar-refractivity contribution >= 4 is 21.4 Å². The van der Waals surface area contributed by atoms with Crippen LogP contribution in [0.1, 0.15) is 22.7 Å². The fourth-order valence-electron chi connectivity index (χ4n) is 1.62. The first-order valence-corrected chi connectivity index (χ1v) is 7.34. The molecule has 1 unspecified atom stereocenters. The van der Waals surface area contributed by atoms with Crippen LogP contribution in [0, 0.1) is 13.8 Å². The van der Waals surface area contributed by atoms with Crippen LogP contribution in [-0.2, 0) is 9.84 Å². The van der Waals surface area contributed by atoms with Crippen LogP contribution in [0.2, 0.25) is 5.02 Å². The monoisotopic (exact) mass is 261 g/mol. The van der Waals surface area contributed by atoms with E-state index >= 15 is 0 Å². The fourth-order valence-corrected chi connectivity index (χ4v) is 2.67. The number of hydrogen-bond donors (Lipinski definition) is 1. The minimum Gasteiger partial charge on any atom is -0.323 e. The highest BCUT2D eigenvalue weighted by atomic mass is 35.5. The molecule has 1 rings (SSSR count). The molecule has 0 aliphatic heterocycles. The number of sulfone groups is 1. The predicted molar refractivity (Wildman–Crippen MR) is 67.6 cm³/mol. The zero-order valence-electron chi connectivity index (χ0n) is 9.62. The summed E-state index contributed by atoms with van der Waals surface area (Å²) in [6.45, 7) is 3.75. The van der Waals surface area contributed by atoms with Gasteiger partial charge in [0.25, 0.3) is 0 Å². The van der Waals surface area contributed by atoms with E-state index in [1.165, 1.54) is 6.26 Å². The van der Waals surface area contributed by atoms with Crippen LogP contribution < -0.4 is 5.73 Å². The Hall–Kier alpha value is -0.580. The van der Waals surface area contributed by atoms with Gasteiger partial charge in [0.1, 0.15) is 9.84 Å². The van der Waals surface area contributed by atoms with E-state index in [9.17, 15) is 8.42 Å². The number of halogens is 1. The number of rotatable bonds is 3. The van der Waals surface area contributed by atoms with Crippen molar-refractivity contribution in [2.75, 3.05) is 12.0 Å². The maximum atomic E-state index is 11.2. The van der Waals surface area contributed by atoms with Crippen LogP contribution in [0.15, 0.2) is 12.1 Å². The molecule has 0 heterocycles. The molecular formula is C11H16ClNO2S. The topological polar surface area (TPSA) is 60.2 Å². The van der Waals surface area contributed by atoms with Crippen molar-refractivity contribution in [1.82, 2.24) is 0 Å². The normalized spacial score (nSPS) is 13.8. The van der Waals surface area contributed by atoms with Crippen molar-refractivity contribution in [1.29, 1.82) is 0 Å². The van der Waals surface area contributed by atoms with Crippen LogP contribution in [0.5, 0.6) is 0 Å². The van der Waals surface area contributed by atoms with Gasteiger partial charge in [-0.25, -0.2) is 8.42 Å². The number of benzene rings is 1. The second kappa shape index (κ2) is 4.73. The minimum absolute atomic E-state index is 0.0467. The standard InChI is InChI=1S/C11H16ClNO2S/c1-7-5-10(12)8(2)4-9(7)11(13)6-16(3,14)15/h4-5,11H,6,13H2,1-3H3. The lowest BCUT2D eigenvalue weighted by Crippen LogP contribution is -2.21. The van der Waals surface area contributed by atoms with Gasteiger partial charge >= 0.3 is 0 Å². The molecule has 90 valence electrons. The molecule has 0 fully saturated rings. The highest BCUT2D eigenvalue weighted by Gasteiger charge is 2.15. The van der Waals surface area contributed by atoms with E-state index < -0.39 is 15.9 Å². The van der Waals surface area contributed by atoms with Gasteiger partial charge in [0.05, 0.1) is 5.75 Å². The number of nitrogens with two attached hydrogens (primary N) is 1. The highest BCUT2D eigenvalue weighted by Crippen LogP contribution is 2.24. The summed E-state index contributed by atoms with van der Waals surface area (Å²) in [7, 11) is -3.07. The molecule has 1 aromatic rings. The Kier molecular flexibility index (Phi) is 3.99. The van der Waals surface area contributed by atoms with Gasteiger partial charge < -0.3 is 5.73 Å². The molecule has 0 saturated heterocycles. The Morgan fingerprint density at radius 1 is 1.31 bits per heavy atom. The van der Waals surface area contributed by atoms with Gasteiger partial charge in [-0.1, -0.05) is 17.7 Å². The van der Waals surface area contributed by atoms with Gasteiger partial charge in [-0.05, 0) is 36.6 Å². The third-order valence-electron chi connectivity index (χ3n) is 2.43. The first-order chi connectivity index (χ1) is 7.20. The molecule has 3 nitrogen and oxygen atoms in total. The molecule has 0 radical (unpaired) electrons. The predicted octanol–water partition coefficient (Wildman–Crippen LogP) is 2.00. The van der Waals surface area contributed by atoms with Crippen molar-refractivity contribution in [3.8, 4) is 0 Å². The van der Waals surface area contributed by atoms with Gasteiger partial charge in [0.2, 0.25) is 0 Å². The summed E-state index contributed by atoms with van der Waals surface area (Å²) >= 11 is 5.96. The summed E-state index contributed by atoms with van der Waals surface area (Å²) in [5.74, 6) is -0.0467. The van der Waals surface area contributed by atoms with E-state index in [1.807, 2.05) is 26.0 Å². The van der Waals surface area contributed by atoms with Crippen molar-refractivity contribution in [3.63, 3.8) is 0 Å². The number of aryl methyl sites for hydroxylation is 2. The zero-order chi connectivity index (χ0) is 12.5. The van der Waals surface area contributed by atoms with Crippen LogP contribution in [0.3, 0.4) is 0 Å². The Morgan fingerprint density at radius 3 is 2.38 bits per heavy atom. The molecule has 0 aromatic heterocycles. The highest BCUT2D eigenvalue weighted by molar-refractivity contribution is 7.90. The van der Waals surface area contributed by atoms with Crippen molar-refractivity contribution in [2.45, 2.75) is 19.9 Å². The summed E-state index contributed by atoms with van der Waals surface area (Å²) in [5.41, 5.74) is 8.55. The Labute approximate surface area is 102 Å². The van der Waals surface area contributed by atoms with E-state index in [4.69, 9.17) is 17.3 Å². The average Bonchev–Trinajstić information content (AvgIpc) is 2.08. The molecular weight excluding hydrogens is 246 g/mol. The van der Waals surface area contributed by atoms with Crippen LogP contribution in [0.4, 0.5) is 0 Å². The quantitative estimate of drug-likeness (QED) is 0.905. The van der Waals surface area contributed by atoms with Crippen molar-refractivity contribution in [2.24, 2.45) is 5.73 Å². The smallest absolute Gasteiger partial charge is 0.149 e. The van der Waals surface area contributed by atoms with E-state index in [-0.39, 0.29) is 5.75 Å². The first-order valence-electron chi connectivity index (χ1n) is 4.90. The maximum Gasteiger partial charge on any atom is 0.149 e. The molecule has 0 spiro atoms. The SMILES string of the molecule is Cc1cc(C(N)CS(C)(=O)=O)c(C)cc1Cl. The van der Waals surface area contributed by atoms with Crippen molar-refractivity contribution in [3.05, 3.63) is 33.8 Å². The summed E-state index contributed by atoms with van der Waals surface area (Å²) in [4.78, 5) is 0. The largest absolute Gasteiger partial charge is 0.323 e. The molecule has 0 aliphatic rings. The van der Waals surface area contributed by atoms with Crippen LogP contribution in [-0.4, -0.2) is 20.4 Å². The first kappa shape index (κ1) is 13.5. The van der Waals surface area contributed by atoms with Crippen molar-refractivity contribution < 1.29 is 8.42 Å². The number of hydrogen-bond acceptors (Lipinski definition) is 3. The van der Waals surface area contributed by atoms with Gasteiger partial charge in [-0.3, -0.25) is 0 Å². The summed E-state index contributed by atoms with van der Waals surface area (Å²) in [5, 5.41) is 0.674. The zero-order valence-corrected chi connectivity index (χ0v) is 11.2. The Morgan fingerprint density at radius 2 is 1.88 bits per heavy atom. The molecule has 1 atom stereocenters. The average molecular weight is 262 g/mol. The third-order valence-corrected chi connectivity index (χ3v) is 3.80. The Balaban J connectivity index is 3.09. The summed E-state index contributed by atoms with van der Waals surface area (Å²) in [6.07, 6.45) is 1.19. The Bertz CT molecular complexity index is 497. The van der Waals surface area contributed by atoms with Gasteiger partial charge in [0, 0.05) is 17.3 Å². The molecule has 2 N–H and O–H groups in total. The molecule has 0 amide bonds. The van der Waals surface area contributed by atoms with E-state index in [0.717, 1.165) is 16.7 Å². The summed E-state index contributed by atoms with van der Waals surface area (Å²) in [6, 6.07) is 3.17. The van der Waals surface area contributed by atoms with E-state index in [0.29, 0.717) is 5.02 Å². The maximum absolute atomic E-state index is 11.2. The van der Waals surface area contributed by atoms with Gasteiger partial charge in [-0.15, -0.1) is 0 Å². The second-order valence-electron chi connectivity index (χ2n) is 4.16. The van der Waals surface area contributed by atoms with Crippen LogP contribution in [0.25, 0.3) is 0 Å². The lowest BCUT2D eigenvalue weighted by Gasteiger charge is -2.15. The van der Waals surface area contributed by atoms with Gasteiger partial charge in [-0.2, -0.15) is 0 Å². The lowest BCUT2D eigenvalue weighted by atomic mass is 10.0. The van der Waals surface area contributed by atoms with Gasteiger partial charge in [0.15, 0.2) is 0 Å². The fraction of sp³-hybridized carbons (Fsp3) is 0.455. The van der Waals surface area contributed by atoms with E-state index in [1.54, 1.807) is 0 Å². The third kappa shape index (κ3) is 3.47. The lowest BCUT2D eigenvalue weighted by molar-refractivity contribution is 0.594.